The third kappa shape index (κ3) is 4.70. The van der Waals surface area contributed by atoms with E-state index in [1.54, 1.807) is 21.9 Å². The maximum atomic E-state index is 13.2. The van der Waals surface area contributed by atoms with Crippen molar-refractivity contribution in [2.24, 2.45) is 0 Å². The van der Waals surface area contributed by atoms with Crippen LogP contribution in [0, 0.1) is 0 Å². The van der Waals surface area contributed by atoms with Crippen LogP contribution in [0.5, 0.6) is 5.75 Å². The van der Waals surface area contributed by atoms with Crippen LogP contribution in [0.1, 0.15) is 25.7 Å². The van der Waals surface area contributed by atoms with Crippen molar-refractivity contribution in [3.63, 3.8) is 0 Å². The number of methoxy groups -OCH3 is 2. The minimum Gasteiger partial charge on any atom is -0.497 e. The van der Waals surface area contributed by atoms with Crippen molar-refractivity contribution in [1.29, 1.82) is 0 Å². The fourth-order valence-electron chi connectivity index (χ4n) is 3.90. The van der Waals surface area contributed by atoms with E-state index in [4.69, 9.17) is 9.47 Å². The summed E-state index contributed by atoms with van der Waals surface area (Å²) in [5.74, 6) is -0.146. The molecule has 10 heteroatoms. The SMILES string of the molecule is COC(=O)C1CN(C(=O)N2CCCCCC2)CCN1S(=O)(=O)c1ccc(OC)cc1. The lowest BCUT2D eigenvalue weighted by Gasteiger charge is -2.40. The summed E-state index contributed by atoms with van der Waals surface area (Å²) in [6.45, 7) is 1.58. The number of hydrogen-bond donors (Lipinski definition) is 0. The number of piperazine rings is 1. The molecule has 0 radical (unpaired) electrons. The lowest BCUT2D eigenvalue weighted by atomic mass is 10.2. The predicted octanol–water partition coefficient (Wildman–Crippen LogP) is 1.54. The first kappa shape index (κ1) is 22.4. The largest absolute Gasteiger partial charge is 0.497 e. The molecule has 0 bridgehead atoms. The van der Waals surface area contributed by atoms with Crippen LogP contribution in [0.4, 0.5) is 4.79 Å². The van der Waals surface area contributed by atoms with Crippen LogP contribution in [0.15, 0.2) is 29.2 Å². The minimum atomic E-state index is -3.95. The van der Waals surface area contributed by atoms with Crippen molar-refractivity contribution in [1.82, 2.24) is 14.1 Å². The van der Waals surface area contributed by atoms with Gasteiger partial charge < -0.3 is 19.3 Å². The summed E-state index contributed by atoms with van der Waals surface area (Å²) in [7, 11) is -1.23. The van der Waals surface area contributed by atoms with E-state index < -0.39 is 22.0 Å². The summed E-state index contributed by atoms with van der Waals surface area (Å²) >= 11 is 0. The first-order valence-corrected chi connectivity index (χ1v) is 11.6. The molecule has 3 rings (SSSR count). The lowest BCUT2D eigenvalue weighted by Crippen LogP contribution is -2.61. The van der Waals surface area contributed by atoms with Gasteiger partial charge in [0.1, 0.15) is 11.8 Å². The summed E-state index contributed by atoms with van der Waals surface area (Å²) in [4.78, 5) is 28.9. The van der Waals surface area contributed by atoms with Crippen LogP contribution in [0.2, 0.25) is 0 Å². The number of urea groups is 1. The number of rotatable bonds is 4. The molecule has 0 saturated carbocycles. The van der Waals surface area contributed by atoms with Gasteiger partial charge in [0, 0.05) is 32.7 Å². The van der Waals surface area contributed by atoms with Crippen LogP contribution < -0.4 is 4.74 Å². The van der Waals surface area contributed by atoms with Crippen LogP contribution in [0.25, 0.3) is 0 Å². The van der Waals surface area contributed by atoms with Gasteiger partial charge in [0.25, 0.3) is 0 Å². The molecule has 0 N–H and O–H groups in total. The van der Waals surface area contributed by atoms with E-state index in [0.717, 1.165) is 30.0 Å². The zero-order chi connectivity index (χ0) is 21.7. The second-order valence-corrected chi connectivity index (χ2v) is 9.35. The second kappa shape index (κ2) is 9.65. The quantitative estimate of drug-likeness (QED) is 0.661. The molecule has 0 aliphatic carbocycles. The normalized spacial score (nSPS) is 21.1. The number of hydrogen-bond acceptors (Lipinski definition) is 6. The van der Waals surface area contributed by atoms with Gasteiger partial charge in [-0.3, -0.25) is 4.79 Å². The number of nitrogens with zero attached hydrogens (tertiary/aromatic N) is 3. The number of likely N-dealkylation sites (tertiary alicyclic amines) is 1. The van der Waals surface area contributed by atoms with E-state index >= 15 is 0 Å². The van der Waals surface area contributed by atoms with Crippen molar-refractivity contribution in [3.8, 4) is 5.75 Å². The summed E-state index contributed by atoms with van der Waals surface area (Å²) in [5, 5.41) is 0. The molecule has 30 heavy (non-hydrogen) atoms. The Hall–Kier alpha value is -2.33. The molecule has 2 heterocycles. The maximum absolute atomic E-state index is 13.2. The molecule has 1 unspecified atom stereocenters. The highest BCUT2D eigenvalue weighted by Gasteiger charge is 2.42. The Morgan fingerprint density at radius 1 is 0.900 bits per heavy atom. The van der Waals surface area contributed by atoms with Crippen molar-refractivity contribution in [2.45, 2.75) is 36.6 Å². The Bertz CT molecular complexity index is 850. The number of carbonyl (C=O) groups is 2. The Morgan fingerprint density at radius 2 is 1.53 bits per heavy atom. The van der Waals surface area contributed by atoms with E-state index in [2.05, 4.69) is 0 Å². The highest BCUT2D eigenvalue weighted by molar-refractivity contribution is 7.89. The molecule has 2 amide bonds. The van der Waals surface area contributed by atoms with Crippen molar-refractivity contribution in [3.05, 3.63) is 24.3 Å². The van der Waals surface area contributed by atoms with Gasteiger partial charge in [-0.15, -0.1) is 0 Å². The highest BCUT2D eigenvalue weighted by Crippen LogP contribution is 2.25. The van der Waals surface area contributed by atoms with Crippen LogP contribution >= 0.6 is 0 Å². The average molecular weight is 440 g/mol. The molecule has 1 aromatic rings. The van der Waals surface area contributed by atoms with E-state index in [1.807, 2.05) is 0 Å². The maximum Gasteiger partial charge on any atom is 0.326 e. The Labute approximate surface area is 177 Å². The molecule has 2 aliphatic heterocycles. The monoisotopic (exact) mass is 439 g/mol. The highest BCUT2D eigenvalue weighted by atomic mass is 32.2. The standard InChI is InChI=1S/C20H29N3O6S/c1-28-16-7-9-17(10-8-16)30(26,27)23-14-13-22(15-18(23)19(24)29-2)20(25)21-11-5-3-4-6-12-21/h7-10,18H,3-6,11-15H2,1-2H3. The third-order valence-electron chi connectivity index (χ3n) is 5.62. The van der Waals surface area contributed by atoms with E-state index in [0.29, 0.717) is 18.8 Å². The second-order valence-electron chi connectivity index (χ2n) is 7.46. The summed E-state index contributed by atoms with van der Waals surface area (Å²) < 4.78 is 37.5. The van der Waals surface area contributed by atoms with Gasteiger partial charge in [0.2, 0.25) is 10.0 Å². The number of sulfonamides is 1. The zero-order valence-corrected chi connectivity index (χ0v) is 18.3. The molecular formula is C20H29N3O6S. The fourth-order valence-corrected chi connectivity index (χ4v) is 5.46. The first-order chi connectivity index (χ1) is 14.4. The van der Waals surface area contributed by atoms with E-state index in [1.165, 1.54) is 26.4 Å². The van der Waals surface area contributed by atoms with Crippen molar-refractivity contribution < 1.29 is 27.5 Å². The van der Waals surface area contributed by atoms with Gasteiger partial charge in [-0.25, -0.2) is 13.2 Å². The lowest BCUT2D eigenvalue weighted by molar-refractivity contribution is -0.146. The first-order valence-electron chi connectivity index (χ1n) is 10.2. The number of ether oxygens (including phenoxy) is 2. The molecule has 2 saturated heterocycles. The molecule has 0 spiro atoms. The number of benzene rings is 1. The molecule has 166 valence electrons. The van der Waals surface area contributed by atoms with Crippen LogP contribution in [-0.4, -0.2) is 87.5 Å². The smallest absolute Gasteiger partial charge is 0.326 e. The Balaban J connectivity index is 1.80. The van der Waals surface area contributed by atoms with Crippen LogP contribution in [0.3, 0.4) is 0 Å². The fraction of sp³-hybridized carbons (Fsp3) is 0.600. The van der Waals surface area contributed by atoms with E-state index in [9.17, 15) is 18.0 Å². The average Bonchev–Trinajstić information content (AvgIpc) is 3.07. The van der Waals surface area contributed by atoms with Crippen molar-refractivity contribution in [2.75, 3.05) is 46.9 Å². The zero-order valence-electron chi connectivity index (χ0n) is 17.5. The molecule has 2 fully saturated rings. The van der Waals surface area contributed by atoms with Gasteiger partial charge in [0.05, 0.1) is 19.1 Å². The summed E-state index contributed by atoms with van der Waals surface area (Å²) in [6.07, 6.45) is 4.11. The van der Waals surface area contributed by atoms with Gasteiger partial charge in [-0.1, -0.05) is 12.8 Å². The molecule has 1 aromatic carbocycles. The molecule has 9 nitrogen and oxygen atoms in total. The van der Waals surface area contributed by atoms with Gasteiger partial charge >= 0.3 is 12.0 Å². The molecule has 0 aromatic heterocycles. The topological polar surface area (TPSA) is 96.5 Å². The third-order valence-corrected chi connectivity index (χ3v) is 7.54. The predicted molar refractivity (Wildman–Crippen MR) is 110 cm³/mol. The number of esters is 1. The summed E-state index contributed by atoms with van der Waals surface area (Å²) in [5.41, 5.74) is 0. The molecular weight excluding hydrogens is 410 g/mol. The Kier molecular flexibility index (Phi) is 7.19. The van der Waals surface area contributed by atoms with Gasteiger partial charge in [0.15, 0.2) is 0 Å². The molecule has 1 atom stereocenters. The number of carbonyl (C=O) groups excluding carboxylic acids is 2. The number of amides is 2. The minimum absolute atomic E-state index is 0.0215. The van der Waals surface area contributed by atoms with Gasteiger partial charge in [-0.2, -0.15) is 4.31 Å². The van der Waals surface area contributed by atoms with E-state index in [-0.39, 0.29) is 30.6 Å². The summed E-state index contributed by atoms with van der Waals surface area (Å²) in [6, 6.07) is 4.76. The molecule has 2 aliphatic rings. The Morgan fingerprint density at radius 3 is 2.10 bits per heavy atom. The van der Waals surface area contributed by atoms with Gasteiger partial charge in [-0.05, 0) is 37.1 Å². The van der Waals surface area contributed by atoms with Crippen molar-refractivity contribution >= 4 is 22.0 Å². The van der Waals surface area contributed by atoms with Crippen LogP contribution in [-0.2, 0) is 19.6 Å².